The highest BCUT2D eigenvalue weighted by Crippen LogP contribution is 2.48. The number of aliphatic hydroxyl groups is 8. The minimum absolute atomic E-state index is 0.0119. The minimum Gasteiger partial charge on any atom is -0.393 e. The van der Waals surface area contributed by atoms with Crippen molar-refractivity contribution in [2.24, 2.45) is 121 Å². The summed E-state index contributed by atoms with van der Waals surface area (Å²) in [7, 11) is 0. The molecular formula is C88H176O8. The van der Waals surface area contributed by atoms with E-state index < -0.39 is 0 Å². The molecule has 8 saturated carbocycles. The van der Waals surface area contributed by atoms with Crippen molar-refractivity contribution in [3.63, 3.8) is 0 Å². The number of hydrogen-bond donors (Lipinski definition) is 8. The third kappa shape index (κ3) is 32.4. The van der Waals surface area contributed by atoms with Gasteiger partial charge in [0.2, 0.25) is 0 Å². The molecule has 0 aliphatic heterocycles. The normalized spacial score (nSPS) is 39.0. The second-order valence-corrected chi connectivity index (χ2v) is 39.2. The highest BCUT2D eigenvalue weighted by atomic mass is 16.3. The van der Waals surface area contributed by atoms with Gasteiger partial charge < -0.3 is 40.9 Å². The Labute approximate surface area is 600 Å². The smallest absolute Gasteiger partial charge is 0.0596 e. The maximum absolute atomic E-state index is 9.93. The van der Waals surface area contributed by atoms with Crippen LogP contribution >= 0.6 is 0 Å². The van der Waals surface area contributed by atoms with Crippen molar-refractivity contribution in [1.82, 2.24) is 0 Å². The van der Waals surface area contributed by atoms with Crippen LogP contribution in [0.1, 0.15) is 392 Å². The maximum atomic E-state index is 9.93. The summed E-state index contributed by atoms with van der Waals surface area (Å²) in [5.74, 6) is 10.4. The molecule has 8 aliphatic rings. The molecule has 0 aromatic heterocycles. The molecule has 0 heterocycles. The van der Waals surface area contributed by atoms with Crippen molar-refractivity contribution >= 4 is 0 Å². The molecule has 576 valence electrons. The average molecular weight is 1360 g/mol. The van der Waals surface area contributed by atoms with Crippen LogP contribution < -0.4 is 0 Å². The predicted molar refractivity (Wildman–Crippen MR) is 416 cm³/mol. The molecule has 8 rings (SSSR count). The summed E-state index contributed by atoms with van der Waals surface area (Å²) < 4.78 is 0. The molecule has 8 nitrogen and oxygen atoms in total. The molecule has 8 heteroatoms. The fraction of sp³-hybridized carbons (Fsp3) is 1.00. The third-order valence-corrected chi connectivity index (χ3v) is 28.8. The van der Waals surface area contributed by atoms with Gasteiger partial charge in [0.1, 0.15) is 0 Å². The molecule has 24 unspecified atom stereocenters. The summed E-state index contributed by atoms with van der Waals surface area (Å²) in [6.45, 7) is 61.5. The fourth-order valence-corrected chi connectivity index (χ4v) is 18.6. The summed E-state index contributed by atoms with van der Waals surface area (Å²) in [6.07, 6.45) is 36.8. The van der Waals surface area contributed by atoms with E-state index in [1.807, 2.05) is 0 Å². The first kappa shape index (κ1) is 93.7. The van der Waals surface area contributed by atoms with Crippen molar-refractivity contribution in [3.8, 4) is 0 Å². The van der Waals surface area contributed by atoms with E-state index in [0.717, 1.165) is 112 Å². The molecule has 0 bridgehead atoms. The fourth-order valence-electron chi connectivity index (χ4n) is 18.6. The zero-order valence-electron chi connectivity index (χ0n) is 69.5. The van der Waals surface area contributed by atoms with Crippen LogP contribution in [-0.4, -0.2) is 89.7 Å². The van der Waals surface area contributed by atoms with Gasteiger partial charge in [-0.1, -0.05) is 245 Å². The van der Waals surface area contributed by atoms with E-state index in [4.69, 9.17) is 0 Å². The topological polar surface area (TPSA) is 162 Å². The first-order valence-corrected chi connectivity index (χ1v) is 41.8. The Balaban J connectivity index is 0.000000549. The molecule has 8 aliphatic carbocycles. The SMILES string of the molecule is CC1C(O)CCCC1C(C)(C)C.CC1CC(C(C)(C)C)CCC1O.CC1CCC(C(C)(C)C)CC1O.CCC(C)C1(C)CCC(O)CC1.CCC(C)C1(C)CCCC(O)C1.CCC(C)C1(C)CCCCC1O.CCC(C)C1CC(C)CCC1O.CCC(C)C1CC(O)CCC1C. The van der Waals surface area contributed by atoms with E-state index in [1.54, 1.807) is 0 Å². The lowest BCUT2D eigenvalue weighted by atomic mass is 9.65. The Bertz CT molecular complexity index is 1860. The van der Waals surface area contributed by atoms with Gasteiger partial charge in [0, 0.05) is 0 Å². The van der Waals surface area contributed by atoms with Gasteiger partial charge in [-0.15, -0.1) is 0 Å². The molecule has 0 saturated heterocycles. The van der Waals surface area contributed by atoms with Crippen molar-refractivity contribution in [2.45, 2.75) is 441 Å². The summed E-state index contributed by atoms with van der Waals surface area (Å²) in [5, 5.41) is 77.2. The summed E-state index contributed by atoms with van der Waals surface area (Å²) >= 11 is 0. The van der Waals surface area contributed by atoms with E-state index >= 15 is 0 Å². The van der Waals surface area contributed by atoms with Crippen LogP contribution in [0, 0.1) is 121 Å². The van der Waals surface area contributed by atoms with Crippen LogP contribution in [-0.2, 0) is 0 Å². The van der Waals surface area contributed by atoms with Crippen LogP contribution in [0.4, 0.5) is 0 Å². The van der Waals surface area contributed by atoms with E-state index in [1.165, 1.54) is 135 Å². The largest absolute Gasteiger partial charge is 0.393 e. The van der Waals surface area contributed by atoms with Gasteiger partial charge >= 0.3 is 0 Å². The molecule has 0 aromatic carbocycles. The lowest BCUT2D eigenvalue weighted by molar-refractivity contribution is -0.0362. The predicted octanol–water partition coefficient (Wildman–Crippen LogP) is 23.1. The molecule has 8 N–H and O–H groups in total. The van der Waals surface area contributed by atoms with Crippen molar-refractivity contribution in [1.29, 1.82) is 0 Å². The molecule has 24 atom stereocenters. The monoisotopic (exact) mass is 1360 g/mol. The van der Waals surface area contributed by atoms with Crippen molar-refractivity contribution in [3.05, 3.63) is 0 Å². The molecule has 8 fully saturated rings. The molecular weight excluding hydrogens is 1180 g/mol. The molecule has 96 heavy (non-hydrogen) atoms. The Kier molecular flexibility index (Phi) is 43.4. The maximum Gasteiger partial charge on any atom is 0.0596 e. The summed E-state index contributed by atoms with van der Waals surface area (Å²) in [4.78, 5) is 0. The van der Waals surface area contributed by atoms with Gasteiger partial charge in [-0.2, -0.15) is 0 Å². The van der Waals surface area contributed by atoms with E-state index in [9.17, 15) is 40.9 Å². The Morgan fingerprint density at radius 1 is 0.354 bits per heavy atom. The zero-order valence-corrected chi connectivity index (χ0v) is 69.5. The molecule has 0 aromatic rings. The highest BCUT2D eigenvalue weighted by molar-refractivity contribution is 4.92. The average Bonchev–Trinajstić information content (AvgIpc) is 0.924. The Morgan fingerprint density at radius 2 is 0.865 bits per heavy atom. The van der Waals surface area contributed by atoms with E-state index in [2.05, 4.69) is 187 Å². The number of hydrogen-bond acceptors (Lipinski definition) is 8. The van der Waals surface area contributed by atoms with Gasteiger partial charge in [0.25, 0.3) is 0 Å². The van der Waals surface area contributed by atoms with Crippen LogP contribution in [0.25, 0.3) is 0 Å². The van der Waals surface area contributed by atoms with Crippen LogP contribution in [0.15, 0.2) is 0 Å². The number of rotatable bonds is 10. The van der Waals surface area contributed by atoms with Gasteiger partial charge in [0.05, 0.1) is 48.8 Å². The standard InChI is InChI=1S/8C11H22O/c1-8-7-9(11(2,3)4)5-6-10(8)12;1-8-5-6-9(7-10(8)12)11(2,3)4;1-8-9(11(2,3)4)6-5-7-10(8)12;1-4-9(2)11(3)7-5-10(12)6-8-11;1-4-9(3)10-7-8(2)5-6-11(10)12;1-4-8(2)11-7-10(12)6-5-9(11)3;1-4-9(2)11(3)7-5-6-10(12)8-11;1-4-9(2)11(3)8-6-5-7-10(11)12/h3*8-10,12H,5-7H2,1-4H3;9-10,12H,4-8H2,1-3H3;2*8-12H,4-7H2,1-3H3;2*9-10,12H,4-8H2,1-3H3. The van der Waals surface area contributed by atoms with Gasteiger partial charge in [0.15, 0.2) is 0 Å². The third-order valence-electron chi connectivity index (χ3n) is 28.8. The Hall–Kier alpha value is -0.320. The summed E-state index contributed by atoms with van der Waals surface area (Å²) in [5.41, 5.74) is 2.28. The van der Waals surface area contributed by atoms with Crippen LogP contribution in [0.3, 0.4) is 0 Å². The lowest BCUT2D eigenvalue weighted by Crippen LogP contribution is -2.40. The molecule has 0 spiro atoms. The second kappa shape index (κ2) is 44.5. The van der Waals surface area contributed by atoms with Crippen molar-refractivity contribution in [2.75, 3.05) is 0 Å². The first-order valence-electron chi connectivity index (χ1n) is 41.8. The minimum atomic E-state index is -0.0544. The van der Waals surface area contributed by atoms with E-state index in [0.29, 0.717) is 74.4 Å². The Morgan fingerprint density at radius 3 is 1.34 bits per heavy atom. The van der Waals surface area contributed by atoms with E-state index in [-0.39, 0.29) is 54.2 Å². The second-order valence-electron chi connectivity index (χ2n) is 39.2. The van der Waals surface area contributed by atoms with Gasteiger partial charge in [-0.05, 0) is 269 Å². The van der Waals surface area contributed by atoms with Gasteiger partial charge in [-0.3, -0.25) is 0 Å². The van der Waals surface area contributed by atoms with Crippen LogP contribution in [0.2, 0.25) is 0 Å². The zero-order chi connectivity index (χ0) is 73.9. The quantitative estimate of drug-likeness (QED) is 0.107. The lowest BCUT2D eigenvalue weighted by Gasteiger charge is -2.43. The first-order chi connectivity index (χ1) is 44.3. The van der Waals surface area contributed by atoms with Gasteiger partial charge in [-0.25, -0.2) is 0 Å². The van der Waals surface area contributed by atoms with Crippen LogP contribution in [0.5, 0.6) is 0 Å². The number of aliphatic hydroxyl groups excluding tert-OH is 8. The molecule has 0 amide bonds. The van der Waals surface area contributed by atoms with Crippen molar-refractivity contribution < 1.29 is 40.9 Å². The molecule has 0 radical (unpaired) electrons. The highest BCUT2D eigenvalue weighted by Gasteiger charge is 2.41. The summed E-state index contributed by atoms with van der Waals surface area (Å²) in [6, 6.07) is 0.